The number of hydrogen-bond acceptors (Lipinski definition) is 3. The third-order valence-corrected chi connectivity index (χ3v) is 2.34. The van der Waals surface area contributed by atoms with Gasteiger partial charge in [-0.1, -0.05) is 0 Å². The second-order valence-electron chi connectivity index (χ2n) is 3.45. The summed E-state index contributed by atoms with van der Waals surface area (Å²) in [6.07, 6.45) is 0.530. The van der Waals surface area contributed by atoms with E-state index in [1.807, 2.05) is 0 Å². The van der Waals surface area contributed by atoms with Crippen molar-refractivity contribution in [3.63, 3.8) is 0 Å². The van der Waals surface area contributed by atoms with Crippen molar-refractivity contribution >= 4 is 17.3 Å². The summed E-state index contributed by atoms with van der Waals surface area (Å²) in [7, 11) is 0. The number of nitrogens with two attached hydrogens (primary N) is 1. The predicted molar refractivity (Wildman–Crippen MR) is 56.1 cm³/mol. The van der Waals surface area contributed by atoms with Gasteiger partial charge < -0.3 is 16.4 Å². The van der Waals surface area contributed by atoms with E-state index in [1.165, 1.54) is 18.2 Å². The summed E-state index contributed by atoms with van der Waals surface area (Å²) in [5, 5.41) is 5.65. The molecule has 15 heavy (non-hydrogen) atoms. The Morgan fingerprint density at radius 1 is 1.40 bits per heavy atom. The molecule has 1 aromatic carbocycles. The Labute approximate surface area is 86.7 Å². The SMILES string of the molecule is NCCC1Nc2cc(F)ccc2NC1=O. The van der Waals surface area contributed by atoms with Gasteiger partial charge in [0.05, 0.1) is 11.4 Å². The van der Waals surface area contributed by atoms with Gasteiger partial charge in [0.25, 0.3) is 0 Å². The third-order valence-electron chi connectivity index (χ3n) is 2.34. The van der Waals surface area contributed by atoms with Crippen molar-refractivity contribution in [2.45, 2.75) is 12.5 Å². The molecular formula is C10H12FN3O. The molecule has 0 aromatic heterocycles. The van der Waals surface area contributed by atoms with E-state index in [1.54, 1.807) is 0 Å². The van der Waals surface area contributed by atoms with Gasteiger partial charge in [0, 0.05) is 0 Å². The molecule has 4 N–H and O–H groups in total. The van der Waals surface area contributed by atoms with E-state index >= 15 is 0 Å². The Morgan fingerprint density at radius 3 is 2.93 bits per heavy atom. The smallest absolute Gasteiger partial charge is 0.246 e. The van der Waals surface area contributed by atoms with Crippen molar-refractivity contribution in [3.05, 3.63) is 24.0 Å². The molecule has 1 aliphatic rings. The molecule has 5 heteroatoms. The maximum atomic E-state index is 12.9. The van der Waals surface area contributed by atoms with Crippen LogP contribution < -0.4 is 16.4 Å². The summed E-state index contributed by atoms with van der Waals surface area (Å²) in [5.41, 5.74) is 6.59. The summed E-state index contributed by atoms with van der Waals surface area (Å²) < 4.78 is 12.9. The lowest BCUT2D eigenvalue weighted by Crippen LogP contribution is -2.40. The van der Waals surface area contributed by atoms with E-state index in [9.17, 15) is 9.18 Å². The second kappa shape index (κ2) is 3.86. The first-order chi connectivity index (χ1) is 7.20. The predicted octanol–water partition coefficient (Wildman–Crippen LogP) is 0.907. The Morgan fingerprint density at radius 2 is 2.20 bits per heavy atom. The maximum Gasteiger partial charge on any atom is 0.246 e. The van der Waals surface area contributed by atoms with Crippen LogP contribution in [0.25, 0.3) is 0 Å². The highest BCUT2D eigenvalue weighted by atomic mass is 19.1. The molecule has 0 saturated carbocycles. The quantitative estimate of drug-likeness (QED) is 0.678. The summed E-state index contributed by atoms with van der Waals surface area (Å²) in [4.78, 5) is 11.5. The number of anilines is 2. The Bertz CT molecular complexity index is 394. The number of benzene rings is 1. The molecule has 1 unspecified atom stereocenters. The number of fused-ring (bicyclic) bond motifs is 1. The van der Waals surface area contributed by atoms with Crippen LogP contribution >= 0.6 is 0 Å². The molecule has 4 nitrogen and oxygen atoms in total. The van der Waals surface area contributed by atoms with Crippen LogP contribution in [0.5, 0.6) is 0 Å². The van der Waals surface area contributed by atoms with Crippen LogP contribution in [0.2, 0.25) is 0 Å². The van der Waals surface area contributed by atoms with Gasteiger partial charge in [0.1, 0.15) is 11.9 Å². The van der Waals surface area contributed by atoms with Gasteiger partial charge >= 0.3 is 0 Å². The van der Waals surface area contributed by atoms with E-state index in [0.29, 0.717) is 24.3 Å². The molecule has 0 bridgehead atoms. The van der Waals surface area contributed by atoms with E-state index in [2.05, 4.69) is 10.6 Å². The molecule has 0 spiro atoms. The molecule has 1 amide bonds. The first kappa shape index (κ1) is 9.92. The molecular weight excluding hydrogens is 197 g/mol. The lowest BCUT2D eigenvalue weighted by Gasteiger charge is -2.26. The van der Waals surface area contributed by atoms with Crippen LogP contribution in [0.3, 0.4) is 0 Å². The summed E-state index contributed by atoms with van der Waals surface area (Å²) in [6.45, 7) is 0.412. The molecule has 1 aromatic rings. The fraction of sp³-hybridized carbons (Fsp3) is 0.300. The zero-order valence-electron chi connectivity index (χ0n) is 8.09. The van der Waals surface area contributed by atoms with Crippen molar-refractivity contribution in [2.75, 3.05) is 17.2 Å². The minimum Gasteiger partial charge on any atom is -0.372 e. The van der Waals surface area contributed by atoms with Gasteiger partial charge in [-0.05, 0) is 31.2 Å². The van der Waals surface area contributed by atoms with Gasteiger partial charge in [-0.2, -0.15) is 0 Å². The summed E-state index contributed by atoms with van der Waals surface area (Å²) in [6, 6.07) is 3.83. The summed E-state index contributed by atoms with van der Waals surface area (Å²) >= 11 is 0. The van der Waals surface area contributed by atoms with Crippen LogP contribution in [0.15, 0.2) is 18.2 Å². The third kappa shape index (κ3) is 1.92. The van der Waals surface area contributed by atoms with Gasteiger partial charge in [-0.25, -0.2) is 4.39 Å². The van der Waals surface area contributed by atoms with Gasteiger partial charge in [0.15, 0.2) is 0 Å². The lowest BCUT2D eigenvalue weighted by atomic mass is 10.1. The normalized spacial score (nSPS) is 19.1. The highest BCUT2D eigenvalue weighted by Gasteiger charge is 2.24. The van der Waals surface area contributed by atoms with E-state index in [-0.39, 0.29) is 17.8 Å². The van der Waals surface area contributed by atoms with Crippen molar-refractivity contribution in [2.24, 2.45) is 5.73 Å². The molecule has 1 atom stereocenters. The fourth-order valence-corrected chi connectivity index (χ4v) is 1.59. The van der Waals surface area contributed by atoms with Crippen LogP contribution in [-0.2, 0) is 4.79 Å². The van der Waals surface area contributed by atoms with Crippen molar-refractivity contribution in [1.82, 2.24) is 0 Å². The first-order valence-electron chi connectivity index (χ1n) is 4.77. The molecule has 0 fully saturated rings. The number of amides is 1. The average molecular weight is 209 g/mol. The standard InChI is InChI=1S/C10H12FN3O/c11-6-1-2-7-9(5-6)13-8(3-4-12)10(15)14-7/h1-2,5,8,13H,3-4,12H2,(H,14,15). The van der Waals surface area contributed by atoms with Crippen molar-refractivity contribution < 1.29 is 9.18 Å². The molecule has 0 radical (unpaired) electrons. The zero-order valence-corrected chi connectivity index (χ0v) is 8.09. The molecule has 0 saturated heterocycles. The van der Waals surface area contributed by atoms with Gasteiger partial charge in [0.2, 0.25) is 5.91 Å². The average Bonchev–Trinajstić information content (AvgIpc) is 2.20. The number of rotatable bonds is 2. The highest BCUT2D eigenvalue weighted by Crippen LogP contribution is 2.27. The Balaban J connectivity index is 2.26. The maximum absolute atomic E-state index is 12.9. The Hall–Kier alpha value is -1.62. The fourth-order valence-electron chi connectivity index (χ4n) is 1.59. The molecule has 80 valence electrons. The number of carbonyl (C=O) groups excluding carboxylic acids is 1. The largest absolute Gasteiger partial charge is 0.372 e. The molecule has 2 rings (SSSR count). The number of hydrogen-bond donors (Lipinski definition) is 3. The van der Waals surface area contributed by atoms with Crippen LogP contribution in [0.1, 0.15) is 6.42 Å². The van der Waals surface area contributed by atoms with Gasteiger partial charge in [-0.3, -0.25) is 4.79 Å². The lowest BCUT2D eigenvalue weighted by molar-refractivity contribution is -0.117. The topological polar surface area (TPSA) is 67.2 Å². The van der Waals surface area contributed by atoms with Crippen LogP contribution in [-0.4, -0.2) is 18.5 Å². The number of carbonyl (C=O) groups is 1. The van der Waals surface area contributed by atoms with Crippen molar-refractivity contribution in [3.8, 4) is 0 Å². The van der Waals surface area contributed by atoms with Crippen LogP contribution in [0, 0.1) is 5.82 Å². The number of nitrogens with one attached hydrogen (secondary N) is 2. The molecule has 1 aliphatic heterocycles. The zero-order chi connectivity index (χ0) is 10.8. The minimum atomic E-state index is -0.371. The van der Waals surface area contributed by atoms with Gasteiger partial charge in [-0.15, -0.1) is 0 Å². The van der Waals surface area contributed by atoms with E-state index in [0.717, 1.165) is 0 Å². The van der Waals surface area contributed by atoms with E-state index in [4.69, 9.17) is 5.73 Å². The molecule has 1 heterocycles. The first-order valence-corrected chi connectivity index (χ1v) is 4.77. The summed E-state index contributed by atoms with van der Waals surface area (Å²) in [5.74, 6) is -0.455. The highest BCUT2D eigenvalue weighted by molar-refractivity contribution is 6.02. The number of halogens is 1. The Kier molecular flexibility index (Phi) is 2.55. The monoisotopic (exact) mass is 209 g/mol. The second-order valence-corrected chi connectivity index (χ2v) is 3.45. The van der Waals surface area contributed by atoms with E-state index < -0.39 is 0 Å². The van der Waals surface area contributed by atoms with Crippen molar-refractivity contribution in [1.29, 1.82) is 0 Å². The van der Waals surface area contributed by atoms with Crippen LogP contribution in [0.4, 0.5) is 15.8 Å². The minimum absolute atomic E-state index is 0.125. The molecule has 0 aliphatic carbocycles.